The molecule has 9 aromatic carbocycles. The lowest BCUT2D eigenvalue weighted by molar-refractivity contribution is 0.670. The van der Waals surface area contributed by atoms with Crippen LogP contribution in [0.5, 0.6) is 0 Å². The third kappa shape index (κ3) is 4.47. The first-order chi connectivity index (χ1) is 24.3. The predicted molar refractivity (Wildman–Crippen MR) is 208 cm³/mol. The van der Waals surface area contributed by atoms with Crippen molar-refractivity contribution < 1.29 is 4.42 Å². The van der Waals surface area contributed by atoms with Crippen LogP contribution in [0.4, 0.5) is 0 Å². The lowest BCUT2D eigenvalue weighted by atomic mass is 9.84. The summed E-state index contributed by atoms with van der Waals surface area (Å²) in [7, 11) is 0. The number of fused-ring (bicyclic) bond motifs is 6. The SMILES string of the molecule is c1ccc(-c2ccc3c(-c4ccc5ccccc5c4)c4ccccc4c(-c4cccc(-c5cccc6c5oc5ccccc56)c4)c3c2)cc1. The van der Waals surface area contributed by atoms with Gasteiger partial charge in [0.25, 0.3) is 0 Å². The molecule has 1 nitrogen and oxygen atoms in total. The maximum absolute atomic E-state index is 6.48. The molecule has 0 saturated heterocycles. The molecule has 0 aliphatic heterocycles. The van der Waals surface area contributed by atoms with Crippen molar-refractivity contribution in [2.75, 3.05) is 0 Å². The monoisotopic (exact) mass is 622 g/mol. The van der Waals surface area contributed by atoms with Gasteiger partial charge in [-0.2, -0.15) is 0 Å². The number of rotatable bonds is 4. The summed E-state index contributed by atoms with van der Waals surface area (Å²) >= 11 is 0. The summed E-state index contributed by atoms with van der Waals surface area (Å²) in [5.41, 5.74) is 11.4. The largest absolute Gasteiger partial charge is 0.455 e. The minimum absolute atomic E-state index is 0.913. The molecule has 10 rings (SSSR count). The Hall–Kier alpha value is -6.44. The topological polar surface area (TPSA) is 13.1 Å². The molecule has 0 fully saturated rings. The number of hydrogen-bond acceptors (Lipinski definition) is 1. The van der Waals surface area contributed by atoms with Gasteiger partial charge in [-0.25, -0.2) is 0 Å². The Labute approximate surface area is 284 Å². The fraction of sp³-hybridized carbons (Fsp3) is 0. The van der Waals surface area contributed by atoms with E-state index in [1.54, 1.807) is 0 Å². The summed E-state index contributed by atoms with van der Waals surface area (Å²) in [5.74, 6) is 0. The first-order valence-corrected chi connectivity index (χ1v) is 16.8. The number of para-hydroxylation sites is 2. The van der Waals surface area contributed by atoms with E-state index < -0.39 is 0 Å². The molecule has 0 saturated carbocycles. The van der Waals surface area contributed by atoms with Gasteiger partial charge in [-0.05, 0) is 95.5 Å². The Morgan fingerprint density at radius 1 is 0.286 bits per heavy atom. The van der Waals surface area contributed by atoms with Gasteiger partial charge in [0, 0.05) is 16.3 Å². The van der Waals surface area contributed by atoms with Crippen molar-refractivity contribution >= 4 is 54.3 Å². The molecule has 1 heterocycles. The molecular formula is C48H30O. The van der Waals surface area contributed by atoms with E-state index in [2.05, 4.69) is 176 Å². The molecule has 0 amide bonds. The van der Waals surface area contributed by atoms with Crippen LogP contribution in [-0.4, -0.2) is 0 Å². The van der Waals surface area contributed by atoms with E-state index in [0.717, 1.165) is 33.1 Å². The average molecular weight is 623 g/mol. The third-order valence-electron chi connectivity index (χ3n) is 10.0. The van der Waals surface area contributed by atoms with E-state index >= 15 is 0 Å². The Morgan fingerprint density at radius 3 is 1.73 bits per heavy atom. The molecule has 1 heteroatoms. The molecule has 1 aromatic heterocycles. The van der Waals surface area contributed by atoms with Gasteiger partial charge in [0.2, 0.25) is 0 Å². The lowest BCUT2D eigenvalue weighted by Crippen LogP contribution is -1.92. The summed E-state index contributed by atoms with van der Waals surface area (Å²) in [4.78, 5) is 0. The molecule has 228 valence electrons. The molecule has 0 spiro atoms. The summed E-state index contributed by atoms with van der Waals surface area (Å²) in [5, 5.41) is 9.75. The van der Waals surface area contributed by atoms with Gasteiger partial charge in [0.05, 0.1) is 0 Å². The minimum atomic E-state index is 0.913. The highest BCUT2D eigenvalue weighted by Crippen LogP contribution is 2.46. The van der Waals surface area contributed by atoms with Gasteiger partial charge in [0.15, 0.2) is 0 Å². The zero-order valence-electron chi connectivity index (χ0n) is 26.7. The van der Waals surface area contributed by atoms with Crippen molar-refractivity contribution in [1.82, 2.24) is 0 Å². The molecule has 0 radical (unpaired) electrons. The van der Waals surface area contributed by atoms with E-state index in [4.69, 9.17) is 4.42 Å². The van der Waals surface area contributed by atoms with E-state index in [1.807, 2.05) is 6.07 Å². The molecule has 0 bridgehead atoms. The Bertz CT molecular complexity index is 2870. The second kappa shape index (κ2) is 11.1. The van der Waals surface area contributed by atoms with Gasteiger partial charge in [-0.1, -0.05) is 158 Å². The predicted octanol–water partition coefficient (Wildman–Crippen LogP) is 13.7. The molecule has 0 unspecified atom stereocenters. The van der Waals surface area contributed by atoms with Crippen LogP contribution in [0.2, 0.25) is 0 Å². The minimum Gasteiger partial charge on any atom is -0.455 e. The second-order valence-corrected chi connectivity index (χ2v) is 12.8. The molecular weight excluding hydrogens is 593 g/mol. The normalized spacial score (nSPS) is 11.7. The quantitative estimate of drug-likeness (QED) is 0.178. The van der Waals surface area contributed by atoms with Crippen molar-refractivity contribution in [3.05, 3.63) is 182 Å². The van der Waals surface area contributed by atoms with Crippen LogP contribution in [0.3, 0.4) is 0 Å². The van der Waals surface area contributed by atoms with Gasteiger partial charge >= 0.3 is 0 Å². The average Bonchev–Trinajstić information content (AvgIpc) is 3.56. The van der Waals surface area contributed by atoms with E-state index in [1.165, 1.54) is 65.7 Å². The van der Waals surface area contributed by atoms with Crippen molar-refractivity contribution in [3.8, 4) is 44.5 Å². The highest BCUT2D eigenvalue weighted by atomic mass is 16.3. The van der Waals surface area contributed by atoms with Crippen LogP contribution >= 0.6 is 0 Å². The van der Waals surface area contributed by atoms with Crippen LogP contribution in [0.15, 0.2) is 186 Å². The van der Waals surface area contributed by atoms with E-state index in [9.17, 15) is 0 Å². The molecule has 0 aliphatic rings. The smallest absolute Gasteiger partial charge is 0.143 e. The van der Waals surface area contributed by atoms with Gasteiger partial charge in [0.1, 0.15) is 11.2 Å². The summed E-state index contributed by atoms with van der Waals surface area (Å²) < 4.78 is 6.48. The van der Waals surface area contributed by atoms with Crippen LogP contribution in [0.25, 0.3) is 98.8 Å². The van der Waals surface area contributed by atoms with Crippen LogP contribution in [-0.2, 0) is 0 Å². The van der Waals surface area contributed by atoms with Crippen molar-refractivity contribution in [1.29, 1.82) is 0 Å². The number of hydrogen-bond donors (Lipinski definition) is 0. The van der Waals surface area contributed by atoms with Crippen molar-refractivity contribution in [3.63, 3.8) is 0 Å². The van der Waals surface area contributed by atoms with Gasteiger partial charge in [-0.3, -0.25) is 0 Å². The standard InChI is InChI=1S/C48H30O/c1-2-12-31(13-3-1)34-26-27-42-44(30-34)47(41-20-7-6-19-40(41)46(42)37-25-24-32-14-4-5-15-33(32)28-37)36-17-10-16-35(29-36)38-21-11-22-43-39-18-8-9-23-45(39)49-48(38)43/h1-30H. The summed E-state index contributed by atoms with van der Waals surface area (Å²) in [6, 6.07) is 65.9. The van der Waals surface area contributed by atoms with Crippen LogP contribution in [0, 0.1) is 0 Å². The Morgan fingerprint density at radius 2 is 0.878 bits per heavy atom. The maximum Gasteiger partial charge on any atom is 0.143 e. The molecule has 0 N–H and O–H groups in total. The third-order valence-corrected chi connectivity index (χ3v) is 10.0. The second-order valence-electron chi connectivity index (χ2n) is 12.8. The fourth-order valence-electron chi connectivity index (χ4n) is 7.77. The van der Waals surface area contributed by atoms with Gasteiger partial charge < -0.3 is 4.42 Å². The molecule has 49 heavy (non-hydrogen) atoms. The number of furan rings is 1. The highest BCUT2D eigenvalue weighted by molar-refractivity contribution is 6.22. The first kappa shape index (κ1) is 27.7. The Balaban J connectivity index is 1.27. The fourth-order valence-corrected chi connectivity index (χ4v) is 7.77. The molecule has 0 atom stereocenters. The van der Waals surface area contributed by atoms with Crippen molar-refractivity contribution in [2.45, 2.75) is 0 Å². The van der Waals surface area contributed by atoms with Gasteiger partial charge in [-0.15, -0.1) is 0 Å². The maximum atomic E-state index is 6.48. The van der Waals surface area contributed by atoms with Crippen LogP contribution < -0.4 is 0 Å². The van der Waals surface area contributed by atoms with E-state index in [0.29, 0.717) is 0 Å². The zero-order chi connectivity index (χ0) is 32.3. The summed E-state index contributed by atoms with van der Waals surface area (Å²) in [6.07, 6.45) is 0. The molecule has 10 aromatic rings. The highest BCUT2D eigenvalue weighted by Gasteiger charge is 2.19. The Kier molecular flexibility index (Phi) is 6.25. The number of benzene rings is 9. The lowest BCUT2D eigenvalue weighted by Gasteiger charge is -2.19. The van der Waals surface area contributed by atoms with Crippen LogP contribution in [0.1, 0.15) is 0 Å². The zero-order valence-corrected chi connectivity index (χ0v) is 26.7. The summed E-state index contributed by atoms with van der Waals surface area (Å²) in [6.45, 7) is 0. The van der Waals surface area contributed by atoms with E-state index in [-0.39, 0.29) is 0 Å². The first-order valence-electron chi connectivity index (χ1n) is 16.8. The molecule has 0 aliphatic carbocycles. The van der Waals surface area contributed by atoms with Crippen molar-refractivity contribution in [2.24, 2.45) is 0 Å².